The molecule has 100 valence electrons. The van der Waals surface area contributed by atoms with Gasteiger partial charge in [-0.05, 0) is 28.9 Å². The molecule has 1 aliphatic rings. The number of rotatable bonds is 1. The summed E-state index contributed by atoms with van der Waals surface area (Å²) in [6.45, 7) is 14.9. The molecule has 0 N–H and O–H groups in total. The summed E-state index contributed by atoms with van der Waals surface area (Å²) < 4.78 is 0. The summed E-state index contributed by atoms with van der Waals surface area (Å²) in [6.07, 6.45) is 7.08. The molecule has 0 radical (unpaired) electrons. The van der Waals surface area contributed by atoms with Crippen LogP contribution in [0.25, 0.3) is 0 Å². The van der Waals surface area contributed by atoms with Gasteiger partial charge in [-0.15, -0.1) is 0 Å². The number of ketones is 1. The molecule has 0 amide bonds. The monoisotopic (exact) mass is 246 g/mol. The molecule has 1 aliphatic carbocycles. The van der Waals surface area contributed by atoms with E-state index in [1.807, 2.05) is 6.08 Å². The van der Waals surface area contributed by atoms with Crippen molar-refractivity contribution in [3.8, 4) is 0 Å². The first-order valence-electron chi connectivity index (χ1n) is 6.76. The maximum atomic E-state index is 12.5. The highest BCUT2D eigenvalue weighted by atomic mass is 16.1. The number of hydrogen-bond acceptors (Lipinski definition) is 1. The molecule has 1 rings (SSSR count). The Balaban J connectivity index is 3.37. The van der Waals surface area contributed by atoms with Gasteiger partial charge in [0.15, 0.2) is 5.78 Å². The van der Waals surface area contributed by atoms with E-state index in [-0.39, 0.29) is 16.6 Å². The molecule has 0 unspecified atom stereocenters. The van der Waals surface area contributed by atoms with E-state index in [1.165, 1.54) is 5.57 Å². The maximum absolute atomic E-state index is 12.5. The topological polar surface area (TPSA) is 17.1 Å². The second-order valence-corrected chi connectivity index (χ2v) is 7.05. The van der Waals surface area contributed by atoms with Crippen LogP contribution in [0.2, 0.25) is 0 Å². The van der Waals surface area contributed by atoms with Crippen molar-refractivity contribution in [2.24, 2.45) is 10.8 Å². The summed E-state index contributed by atoms with van der Waals surface area (Å²) in [7, 11) is 0. The zero-order valence-corrected chi connectivity index (χ0v) is 12.8. The highest BCUT2D eigenvalue weighted by Crippen LogP contribution is 2.38. The Labute approximate surface area is 112 Å². The Hall–Kier alpha value is -1.11. The van der Waals surface area contributed by atoms with Crippen LogP contribution in [0.1, 0.15) is 54.9 Å². The Bertz CT molecular complexity index is 431. The quantitative estimate of drug-likeness (QED) is 0.604. The average molecular weight is 246 g/mol. The highest BCUT2D eigenvalue weighted by molar-refractivity contribution is 6.12. The van der Waals surface area contributed by atoms with Gasteiger partial charge in [0.05, 0.1) is 0 Å². The van der Waals surface area contributed by atoms with Crippen LogP contribution >= 0.6 is 0 Å². The highest BCUT2D eigenvalue weighted by Gasteiger charge is 2.30. The van der Waals surface area contributed by atoms with E-state index in [4.69, 9.17) is 0 Å². The summed E-state index contributed by atoms with van der Waals surface area (Å²) >= 11 is 0. The average Bonchev–Trinajstić information content (AvgIpc) is 2.17. The van der Waals surface area contributed by atoms with Crippen molar-refractivity contribution in [1.29, 1.82) is 0 Å². The lowest BCUT2D eigenvalue weighted by Gasteiger charge is -2.30. The maximum Gasteiger partial charge on any atom is 0.189 e. The summed E-state index contributed by atoms with van der Waals surface area (Å²) in [5.74, 6) is 0.192. The molecule has 0 aromatic carbocycles. The van der Waals surface area contributed by atoms with Crippen LogP contribution in [0.3, 0.4) is 0 Å². The number of hydrogen-bond donors (Lipinski definition) is 0. The lowest BCUT2D eigenvalue weighted by molar-refractivity contribution is -0.112. The smallest absolute Gasteiger partial charge is 0.189 e. The largest absolute Gasteiger partial charge is 0.289 e. The van der Waals surface area contributed by atoms with E-state index in [1.54, 1.807) is 0 Å². The van der Waals surface area contributed by atoms with Gasteiger partial charge in [0.1, 0.15) is 0 Å². The van der Waals surface area contributed by atoms with Crippen LogP contribution in [-0.4, -0.2) is 5.78 Å². The van der Waals surface area contributed by atoms with E-state index in [2.05, 4.69) is 60.6 Å². The summed E-state index contributed by atoms with van der Waals surface area (Å²) in [5, 5.41) is 0. The Morgan fingerprint density at radius 3 is 1.94 bits per heavy atom. The van der Waals surface area contributed by atoms with Crippen molar-refractivity contribution in [2.45, 2.75) is 54.9 Å². The van der Waals surface area contributed by atoms with Crippen molar-refractivity contribution in [2.75, 3.05) is 0 Å². The number of Topliss-reactive ketones (excluding diaryl/α,β-unsaturated/α-hetero) is 1. The van der Waals surface area contributed by atoms with Gasteiger partial charge in [-0.1, -0.05) is 60.6 Å². The third-order valence-electron chi connectivity index (χ3n) is 3.22. The Morgan fingerprint density at radius 1 is 1.00 bits per heavy atom. The lowest BCUT2D eigenvalue weighted by Crippen LogP contribution is -2.24. The fourth-order valence-electron chi connectivity index (χ4n) is 2.01. The minimum atomic E-state index is -0.103. The van der Waals surface area contributed by atoms with Gasteiger partial charge in [0, 0.05) is 11.1 Å². The molecular formula is C17H26O. The van der Waals surface area contributed by atoms with Crippen molar-refractivity contribution < 1.29 is 4.79 Å². The molecule has 0 saturated heterocycles. The van der Waals surface area contributed by atoms with Gasteiger partial charge in [-0.3, -0.25) is 4.79 Å². The van der Waals surface area contributed by atoms with Gasteiger partial charge in [0.2, 0.25) is 0 Å². The molecule has 0 spiro atoms. The molecular weight excluding hydrogens is 220 g/mol. The predicted octanol–water partition coefficient (Wildman–Crippen LogP) is 4.85. The van der Waals surface area contributed by atoms with Crippen LogP contribution in [0.5, 0.6) is 0 Å². The first-order valence-corrected chi connectivity index (χ1v) is 6.76. The van der Waals surface area contributed by atoms with Crippen molar-refractivity contribution in [3.05, 3.63) is 34.9 Å². The minimum Gasteiger partial charge on any atom is -0.289 e. The molecule has 0 saturated carbocycles. The lowest BCUT2D eigenvalue weighted by atomic mass is 9.73. The number of carbonyl (C=O) groups is 1. The Kier molecular flexibility index (Phi) is 4.05. The van der Waals surface area contributed by atoms with Crippen molar-refractivity contribution >= 4 is 5.78 Å². The molecule has 18 heavy (non-hydrogen) atoms. The fraction of sp³-hybridized carbons (Fsp3) is 0.588. The van der Waals surface area contributed by atoms with Gasteiger partial charge >= 0.3 is 0 Å². The molecule has 1 heteroatoms. The van der Waals surface area contributed by atoms with Gasteiger partial charge in [-0.25, -0.2) is 0 Å². The molecule has 0 bridgehead atoms. The predicted molar refractivity (Wildman–Crippen MR) is 78.5 cm³/mol. The number of allylic oxidation sites excluding steroid dienone is 6. The van der Waals surface area contributed by atoms with E-state index >= 15 is 0 Å². The standard InChI is InChI=1S/C17H26O/c1-8-9-12-10-13(16(2,3)4)11-14(15(12)18)17(5,6)7/h9-11H,8H2,1-7H3. The zero-order chi connectivity index (χ0) is 14.1. The number of carbonyl (C=O) groups excluding carboxylic acids is 1. The molecule has 1 nitrogen and oxygen atoms in total. The van der Waals surface area contributed by atoms with E-state index in [0.717, 1.165) is 17.6 Å². The summed E-state index contributed by atoms with van der Waals surface area (Å²) in [6, 6.07) is 0. The van der Waals surface area contributed by atoms with E-state index in [9.17, 15) is 4.79 Å². The van der Waals surface area contributed by atoms with Gasteiger partial charge < -0.3 is 0 Å². The first kappa shape index (κ1) is 14.9. The summed E-state index contributed by atoms with van der Waals surface area (Å²) in [5.41, 5.74) is 3.00. The van der Waals surface area contributed by atoms with Crippen molar-refractivity contribution in [1.82, 2.24) is 0 Å². The van der Waals surface area contributed by atoms with Crippen LogP contribution in [0.15, 0.2) is 34.9 Å². The van der Waals surface area contributed by atoms with E-state index < -0.39 is 0 Å². The zero-order valence-electron chi connectivity index (χ0n) is 12.8. The SMILES string of the molecule is CCC=C1C=C(C(C)(C)C)C=C(C(C)(C)C)C1=O. The first-order chi connectivity index (χ1) is 8.07. The van der Waals surface area contributed by atoms with E-state index in [0.29, 0.717) is 0 Å². The summed E-state index contributed by atoms with van der Waals surface area (Å²) in [4.78, 5) is 12.5. The second-order valence-electron chi connectivity index (χ2n) is 7.05. The minimum absolute atomic E-state index is 0.0734. The third kappa shape index (κ3) is 3.22. The van der Waals surface area contributed by atoms with Crippen LogP contribution < -0.4 is 0 Å². The Morgan fingerprint density at radius 2 is 1.56 bits per heavy atom. The molecule has 0 aromatic heterocycles. The second kappa shape index (κ2) is 4.87. The van der Waals surface area contributed by atoms with Gasteiger partial charge in [0.25, 0.3) is 0 Å². The molecule has 0 aromatic rings. The molecule has 0 atom stereocenters. The normalized spacial score (nSPS) is 19.9. The molecule has 0 heterocycles. The fourth-order valence-corrected chi connectivity index (χ4v) is 2.01. The van der Waals surface area contributed by atoms with Crippen LogP contribution in [-0.2, 0) is 4.79 Å². The van der Waals surface area contributed by atoms with Gasteiger partial charge in [-0.2, -0.15) is 0 Å². The third-order valence-corrected chi connectivity index (χ3v) is 3.22. The van der Waals surface area contributed by atoms with Crippen LogP contribution in [0, 0.1) is 10.8 Å². The van der Waals surface area contributed by atoms with Crippen molar-refractivity contribution in [3.63, 3.8) is 0 Å². The van der Waals surface area contributed by atoms with Crippen LogP contribution in [0.4, 0.5) is 0 Å². The molecule has 0 aliphatic heterocycles. The molecule has 0 fully saturated rings.